The van der Waals surface area contributed by atoms with E-state index in [1.807, 2.05) is 34.6 Å². The van der Waals surface area contributed by atoms with Gasteiger partial charge in [0, 0.05) is 16.9 Å². The minimum absolute atomic E-state index is 0.137. The van der Waals surface area contributed by atoms with Crippen molar-refractivity contribution in [2.45, 2.75) is 75.2 Å². The number of nitrogens with zero attached hydrogens (tertiary/aromatic N) is 2. The quantitative estimate of drug-likeness (QED) is 0.406. The molecule has 2 bridgehead atoms. The van der Waals surface area contributed by atoms with Crippen LogP contribution in [0.5, 0.6) is 0 Å². The molecule has 3 rings (SSSR count). The molecule has 9 heteroatoms. The van der Waals surface area contributed by atoms with E-state index in [0.717, 1.165) is 0 Å². The number of aliphatic hydroxyl groups excluding tert-OH is 1. The predicted molar refractivity (Wildman–Crippen MR) is 118 cm³/mol. The molecule has 0 aromatic carbocycles. The average Bonchev–Trinajstić information content (AvgIpc) is 3.23. The van der Waals surface area contributed by atoms with Crippen molar-refractivity contribution in [2.75, 3.05) is 13.2 Å². The molecule has 7 atom stereocenters. The van der Waals surface area contributed by atoms with Crippen molar-refractivity contribution < 1.29 is 29.3 Å². The first-order valence-electron chi connectivity index (χ1n) is 10.7. The van der Waals surface area contributed by atoms with Crippen LogP contribution in [0.15, 0.2) is 12.7 Å². The lowest BCUT2D eigenvalue weighted by atomic mass is 9.70. The number of ether oxygens (including phenoxy) is 1. The van der Waals surface area contributed by atoms with Crippen LogP contribution in [0.25, 0.3) is 0 Å². The normalized spacial score (nSPS) is 35.4. The monoisotopic (exact) mass is 500 g/mol. The standard InChI is InChI=1S/C22H33BrN2O6/c1-7-8-24(21(4,5)6)19(28)17-22-9-12(23)16(31-22)14(20(29)30)15(22)18(27)25(17)13(10-26)11(2)3/h7,11-17,26H,1,8-10H2,2-6H3,(H,29,30)/t12?,13-,14-,15+,16-,17-,22+/m0/s1. The van der Waals surface area contributed by atoms with Gasteiger partial charge in [-0.15, -0.1) is 6.58 Å². The van der Waals surface area contributed by atoms with Crippen LogP contribution in [0.1, 0.15) is 41.0 Å². The second-order valence-electron chi connectivity index (χ2n) is 10.1. The summed E-state index contributed by atoms with van der Waals surface area (Å²) in [4.78, 5) is 42.7. The maximum atomic E-state index is 14.0. The maximum absolute atomic E-state index is 14.0. The van der Waals surface area contributed by atoms with E-state index >= 15 is 0 Å². The van der Waals surface area contributed by atoms with Gasteiger partial charge in [-0.05, 0) is 33.1 Å². The third-order valence-corrected chi connectivity index (χ3v) is 7.79. The summed E-state index contributed by atoms with van der Waals surface area (Å²) < 4.78 is 6.27. The smallest absolute Gasteiger partial charge is 0.310 e. The average molecular weight is 501 g/mol. The van der Waals surface area contributed by atoms with Crippen LogP contribution in [0, 0.1) is 17.8 Å². The van der Waals surface area contributed by atoms with E-state index in [4.69, 9.17) is 4.74 Å². The number of hydrogen-bond donors (Lipinski definition) is 2. The molecule has 0 radical (unpaired) electrons. The van der Waals surface area contributed by atoms with E-state index in [9.17, 15) is 24.6 Å². The molecule has 3 heterocycles. The summed E-state index contributed by atoms with van der Waals surface area (Å²) in [7, 11) is 0. The molecule has 3 saturated heterocycles. The number of alkyl halides is 1. The summed E-state index contributed by atoms with van der Waals surface area (Å²) in [5.74, 6) is -3.98. The summed E-state index contributed by atoms with van der Waals surface area (Å²) in [5.41, 5.74) is -1.80. The van der Waals surface area contributed by atoms with Gasteiger partial charge in [-0.2, -0.15) is 0 Å². The summed E-state index contributed by atoms with van der Waals surface area (Å²) >= 11 is 3.53. The van der Waals surface area contributed by atoms with E-state index in [2.05, 4.69) is 22.5 Å². The summed E-state index contributed by atoms with van der Waals surface area (Å²) in [6.45, 7) is 13.1. The number of fused-ring (bicyclic) bond motifs is 1. The van der Waals surface area contributed by atoms with Crippen molar-refractivity contribution in [3.05, 3.63) is 12.7 Å². The molecule has 8 nitrogen and oxygen atoms in total. The Hall–Kier alpha value is -1.45. The minimum Gasteiger partial charge on any atom is -0.481 e. The van der Waals surface area contributed by atoms with Crippen LogP contribution < -0.4 is 0 Å². The highest BCUT2D eigenvalue weighted by Gasteiger charge is 2.77. The molecule has 1 unspecified atom stereocenters. The Labute approximate surface area is 191 Å². The molecule has 0 aliphatic carbocycles. The molecule has 2 N–H and O–H groups in total. The van der Waals surface area contributed by atoms with Crippen LogP contribution in [0.2, 0.25) is 0 Å². The molecule has 3 fully saturated rings. The number of carboxylic acids is 1. The van der Waals surface area contributed by atoms with Gasteiger partial charge in [0.25, 0.3) is 0 Å². The largest absolute Gasteiger partial charge is 0.481 e. The Balaban J connectivity index is 2.18. The number of hydrogen-bond acceptors (Lipinski definition) is 5. The lowest BCUT2D eigenvalue weighted by molar-refractivity contribution is -0.156. The van der Waals surface area contributed by atoms with E-state index < -0.39 is 53.0 Å². The topological polar surface area (TPSA) is 107 Å². The third kappa shape index (κ3) is 3.53. The molecule has 2 amide bonds. The van der Waals surface area contributed by atoms with Gasteiger partial charge >= 0.3 is 5.97 Å². The van der Waals surface area contributed by atoms with Crippen LogP contribution in [-0.2, 0) is 19.1 Å². The van der Waals surface area contributed by atoms with Gasteiger partial charge in [-0.3, -0.25) is 14.4 Å². The SMILES string of the molecule is C=CCN(C(=O)[C@@H]1N([C@@H](CO)C(C)C)C(=O)[C@H]2[C@H](C(=O)O)[C@H]3O[C@@]12CC3Br)C(C)(C)C. The zero-order valence-electron chi connectivity index (χ0n) is 18.7. The predicted octanol–water partition coefficient (Wildman–Crippen LogP) is 1.65. The molecule has 0 aromatic heterocycles. The fourth-order valence-corrected chi connectivity index (χ4v) is 6.52. The number of carbonyl (C=O) groups excluding carboxylic acids is 2. The Kier molecular flexibility index (Phi) is 6.37. The number of aliphatic hydroxyl groups is 1. The lowest BCUT2D eigenvalue weighted by Gasteiger charge is -2.44. The molecule has 3 aliphatic rings. The molecule has 31 heavy (non-hydrogen) atoms. The number of likely N-dealkylation sites (tertiary alicyclic amines) is 1. The van der Waals surface area contributed by atoms with Crippen molar-refractivity contribution in [1.82, 2.24) is 9.80 Å². The summed E-state index contributed by atoms with van der Waals surface area (Å²) in [6.07, 6.45) is 1.30. The van der Waals surface area contributed by atoms with Crippen LogP contribution >= 0.6 is 15.9 Å². The first-order chi connectivity index (χ1) is 14.3. The first-order valence-corrected chi connectivity index (χ1v) is 11.6. The van der Waals surface area contributed by atoms with Gasteiger partial charge in [-0.25, -0.2) is 0 Å². The van der Waals surface area contributed by atoms with Crippen LogP contribution in [-0.4, -0.2) is 85.1 Å². The highest BCUT2D eigenvalue weighted by molar-refractivity contribution is 9.09. The van der Waals surface area contributed by atoms with Gasteiger partial charge in [0.1, 0.15) is 11.6 Å². The minimum atomic E-state index is -1.25. The molecule has 0 saturated carbocycles. The Morgan fingerprint density at radius 1 is 1.42 bits per heavy atom. The molecular formula is C22H33BrN2O6. The molecular weight excluding hydrogens is 468 g/mol. The van der Waals surface area contributed by atoms with Crippen molar-refractivity contribution in [1.29, 1.82) is 0 Å². The number of aliphatic carboxylic acids is 1. The Morgan fingerprint density at radius 3 is 2.48 bits per heavy atom. The zero-order valence-corrected chi connectivity index (χ0v) is 20.3. The highest BCUT2D eigenvalue weighted by Crippen LogP contribution is 2.60. The Bertz CT molecular complexity index is 780. The molecule has 3 aliphatic heterocycles. The molecule has 0 aromatic rings. The van der Waals surface area contributed by atoms with Gasteiger partial charge in [0.05, 0.1) is 30.6 Å². The molecule has 174 valence electrons. The van der Waals surface area contributed by atoms with E-state index in [0.29, 0.717) is 6.42 Å². The van der Waals surface area contributed by atoms with Gasteiger partial charge in [0.15, 0.2) is 0 Å². The number of halogens is 1. The van der Waals surface area contributed by atoms with Crippen molar-refractivity contribution >= 4 is 33.7 Å². The fraction of sp³-hybridized carbons (Fsp3) is 0.773. The van der Waals surface area contributed by atoms with Crippen LogP contribution in [0.4, 0.5) is 0 Å². The number of rotatable bonds is 7. The van der Waals surface area contributed by atoms with Gasteiger partial charge in [-0.1, -0.05) is 35.9 Å². The third-order valence-electron chi connectivity index (χ3n) is 6.95. The summed E-state index contributed by atoms with van der Waals surface area (Å²) in [6, 6.07) is -1.64. The van der Waals surface area contributed by atoms with E-state index in [-0.39, 0.29) is 29.8 Å². The second-order valence-corrected chi connectivity index (χ2v) is 11.3. The van der Waals surface area contributed by atoms with Crippen LogP contribution in [0.3, 0.4) is 0 Å². The number of carbonyl (C=O) groups is 3. The fourth-order valence-electron chi connectivity index (χ4n) is 5.58. The number of carboxylic acid groups (broad SMARTS) is 1. The molecule has 1 spiro atoms. The highest BCUT2D eigenvalue weighted by atomic mass is 79.9. The maximum Gasteiger partial charge on any atom is 0.310 e. The first kappa shape index (κ1) is 24.2. The Morgan fingerprint density at radius 2 is 2.03 bits per heavy atom. The van der Waals surface area contributed by atoms with E-state index in [1.165, 1.54) is 4.90 Å². The lowest BCUT2D eigenvalue weighted by Crippen LogP contribution is -2.62. The van der Waals surface area contributed by atoms with E-state index in [1.54, 1.807) is 11.0 Å². The van der Waals surface area contributed by atoms with Gasteiger partial charge < -0.3 is 24.7 Å². The van der Waals surface area contributed by atoms with Gasteiger partial charge in [0.2, 0.25) is 11.8 Å². The second kappa shape index (κ2) is 8.15. The van der Waals surface area contributed by atoms with Crippen molar-refractivity contribution in [2.24, 2.45) is 17.8 Å². The zero-order chi connectivity index (χ0) is 23.5. The number of amides is 2. The van der Waals surface area contributed by atoms with Crippen molar-refractivity contribution in [3.8, 4) is 0 Å². The summed E-state index contributed by atoms with van der Waals surface area (Å²) in [5, 5.41) is 20.1. The van der Waals surface area contributed by atoms with Crippen molar-refractivity contribution in [3.63, 3.8) is 0 Å².